The van der Waals surface area contributed by atoms with Crippen molar-refractivity contribution < 1.29 is 18.5 Å². The molecule has 0 N–H and O–H groups in total. The Bertz CT molecular complexity index is 646. The van der Waals surface area contributed by atoms with E-state index in [2.05, 4.69) is 0 Å². The summed E-state index contributed by atoms with van der Waals surface area (Å²) in [6.45, 7) is 10.7. The first-order valence-electron chi connectivity index (χ1n) is 8.50. The Hall–Kier alpha value is -1.40. The standard InChI is InChI=1S/C18H25BFNO3/c1-12-10-13(16(22)21-9-8-14(20)11-21)6-7-15(12)19-23-17(2,3)18(4,5)24-19/h6-7,10,14H,8-9,11H2,1-5H3. The largest absolute Gasteiger partial charge is 0.495 e. The molecule has 3 rings (SSSR count). The molecule has 2 fully saturated rings. The van der Waals surface area contributed by atoms with Crippen LogP contribution in [-0.2, 0) is 9.31 Å². The molecular formula is C18H25BFNO3. The van der Waals surface area contributed by atoms with E-state index in [1.165, 1.54) is 0 Å². The number of likely N-dealkylation sites (tertiary alicyclic amines) is 1. The molecule has 6 heteroatoms. The molecule has 0 bridgehead atoms. The first kappa shape index (κ1) is 17.4. The van der Waals surface area contributed by atoms with Gasteiger partial charge in [0.1, 0.15) is 6.17 Å². The van der Waals surface area contributed by atoms with Crippen LogP contribution >= 0.6 is 0 Å². The molecule has 2 heterocycles. The molecule has 1 aromatic carbocycles. The molecule has 24 heavy (non-hydrogen) atoms. The fourth-order valence-corrected chi connectivity index (χ4v) is 3.13. The zero-order valence-corrected chi connectivity index (χ0v) is 15.1. The van der Waals surface area contributed by atoms with Gasteiger partial charge in [0.15, 0.2) is 0 Å². The molecule has 0 spiro atoms. The summed E-state index contributed by atoms with van der Waals surface area (Å²) < 4.78 is 25.5. The quantitative estimate of drug-likeness (QED) is 0.781. The highest BCUT2D eigenvalue weighted by Crippen LogP contribution is 2.36. The SMILES string of the molecule is Cc1cc(C(=O)N2CCC(F)C2)ccc1B1OC(C)(C)C(C)(C)O1. The van der Waals surface area contributed by atoms with Crippen LogP contribution < -0.4 is 5.46 Å². The number of nitrogens with zero attached hydrogens (tertiary/aromatic N) is 1. The van der Waals surface area contributed by atoms with Gasteiger partial charge in [-0.05, 0) is 58.6 Å². The molecule has 1 amide bonds. The van der Waals surface area contributed by atoms with E-state index >= 15 is 0 Å². The van der Waals surface area contributed by atoms with E-state index < -0.39 is 24.5 Å². The summed E-state index contributed by atoms with van der Waals surface area (Å²) in [6.07, 6.45) is -0.476. The average molecular weight is 333 g/mol. The van der Waals surface area contributed by atoms with E-state index in [9.17, 15) is 9.18 Å². The molecule has 0 aromatic heterocycles. The first-order valence-corrected chi connectivity index (χ1v) is 8.50. The molecule has 130 valence electrons. The van der Waals surface area contributed by atoms with Gasteiger partial charge in [0, 0.05) is 12.1 Å². The summed E-state index contributed by atoms with van der Waals surface area (Å²) >= 11 is 0. The van der Waals surface area contributed by atoms with Crippen molar-refractivity contribution in [2.45, 2.75) is 58.4 Å². The number of hydrogen-bond donors (Lipinski definition) is 0. The van der Waals surface area contributed by atoms with Gasteiger partial charge in [-0.2, -0.15) is 0 Å². The minimum absolute atomic E-state index is 0.112. The second-order valence-corrected chi connectivity index (χ2v) is 7.80. The molecule has 0 radical (unpaired) electrons. The fraction of sp³-hybridized carbons (Fsp3) is 0.611. The number of alkyl halides is 1. The maximum absolute atomic E-state index is 13.3. The Morgan fingerprint density at radius 3 is 2.38 bits per heavy atom. The molecule has 0 aliphatic carbocycles. The summed E-state index contributed by atoms with van der Waals surface area (Å²) in [5.74, 6) is -0.112. The van der Waals surface area contributed by atoms with Crippen molar-refractivity contribution >= 4 is 18.5 Å². The van der Waals surface area contributed by atoms with E-state index in [0.717, 1.165) is 11.0 Å². The van der Waals surface area contributed by atoms with Gasteiger partial charge in [-0.25, -0.2) is 4.39 Å². The van der Waals surface area contributed by atoms with Crippen LogP contribution in [0.25, 0.3) is 0 Å². The van der Waals surface area contributed by atoms with Crippen molar-refractivity contribution in [3.63, 3.8) is 0 Å². The second kappa shape index (κ2) is 5.85. The Balaban J connectivity index is 1.80. The van der Waals surface area contributed by atoms with E-state index in [-0.39, 0.29) is 12.5 Å². The molecule has 2 aliphatic rings. The van der Waals surface area contributed by atoms with E-state index in [1.54, 1.807) is 11.0 Å². The third-order valence-corrected chi connectivity index (χ3v) is 5.44. The molecule has 2 aliphatic heterocycles. The average Bonchev–Trinajstić information content (AvgIpc) is 2.99. The zero-order valence-electron chi connectivity index (χ0n) is 15.1. The van der Waals surface area contributed by atoms with Crippen LogP contribution in [0.15, 0.2) is 18.2 Å². The lowest BCUT2D eigenvalue weighted by atomic mass is 9.76. The highest BCUT2D eigenvalue weighted by Gasteiger charge is 2.52. The number of aryl methyl sites for hydroxylation is 1. The number of amides is 1. The highest BCUT2D eigenvalue weighted by atomic mass is 19.1. The topological polar surface area (TPSA) is 38.8 Å². The number of carbonyl (C=O) groups excluding carboxylic acids is 1. The maximum atomic E-state index is 13.3. The van der Waals surface area contributed by atoms with Gasteiger partial charge in [-0.15, -0.1) is 0 Å². The molecule has 1 unspecified atom stereocenters. The smallest absolute Gasteiger partial charge is 0.399 e. The third-order valence-electron chi connectivity index (χ3n) is 5.44. The lowest BCUT2D eigenvalue weighted by molar-refractivity contribution is 0.00578. The van der Waals surface area contributed by atoms with E-state index in [4.69, 9.17) is 9.31 Å². The van der Waals surface area contributed by atoms with Crippen molar-refractivity contribution in [3.8, 4) is 0 Å². The van der Waals surface area contributed by atoms with Crippen molar-refractivity contribution in [1.29, 1.82) is 0 Å². The minimum atomic E-state index is -0.904. The molecule has 1 atom stereocenters. The van der Waals surface area contributed by atoms with Gasteiger partial charge in [0.05, 0.1) is 17.7 Å². The normalized spacial score (nSPS) is 25.3. The lowest BCUT2D eigenvalue weighted by Gasteiger charge is -2.32. The van der Waals surface area contributed by atoms with Crippen LogP contribution in [0.3, 0.4) is 0 Å². The molecule has 4 nitrogen and oxygen atoms in total. The van der Waals surface area contributed by atoms with Crippen LogP contribution in [0.4, 0.5) is 4.39 Å². The Kier molecular flexibility index (Phi) is 4.25. The Morgan fingerprint density at radius 2 is 1.88 bits per heavy atom. The monoisotopic (exact) mass is 333 g/mol. The van der Waals surface area contributed by atoms with Crippen LogP contribution in [-0.4, -0.2) is 48.4 Å². The van der Waals surface area contributed by atoms with Crippen LogP contribution in [0, 0.1) is 6.92 Å². The molecule has 2 saturated heterocycles. The second-order valence-electron chi connectivity index (χ2n) is 7.80. The van der Waals surface area contributed by atoms with Crippen molar-refractivity contribution in [2.24, 2.45) is 0 Å². The van der Waals surface area contributed by atoms with Crippen LogP contribution in [0.5, 0.6) is 0 Å². The first-order chi connectivity index (χ1) is 11.1. The predicted octanol–water partition coefficient (Wildman–Crippen LogP) is 2.48. The number of benzene rings is 1. The van der Waals surface area contributed by atoms with Gasteiger partial charge in [-0.1, -0.05) is 11.6 Å². The predicted molar refractivity (Wildman–Crippen MR) is 92.3 cm³/mol. The van der Waals surface area contributed by atoms with Crippen LogP contribution in [0.2, 0.25) is 0 Å². The van der Waals surface area contributed by atoms with E-state index in [0.29, 0.717) is 18.5 Å². The van der Waals surface area contributed by atoms with Crippen LogP contribution in [0.1, 0.15) is 50.0 Å². The zero-order chi connectivity index (χ0) is 17.7. The molecule has 1 aromatic rings. The summed E-state index contributed by atoms with van der Waals surface area (Å²) in [5, 5.41) is 0. The van der Waals surface area contributed by atoms with Gasteiger partial charge in [-0.3, -0.25) is 4.79 Å². The summed E-state index contributed by atoms with van der Waals surface area (Å²) in [4.78, 5) is 14.1. The third kappa shape index (κ3) is 2.97. The molecule has 0 saturated carbocycles. The maximum Gasteiger partial charge on any atom is 0.495 e. The van der Waals surface area contributed by atoms with Gasteiger partial charge in [0.25, 0.3) is 5.91 Å². The van der Waals surface area contributed by atoms with Crippen molar-refractivity contribution in [3.05, 3.63) is 29.3 Å². The number of carbonyl (C=O) groups is 1. The van der Waals surface area contributed by atoms with Gasteiger partial charge < -0.3 is 14.2 Å². The van der Waals surface area contributed by atoms with E-state index in [1.807, 2.05) is 46.8 Å². The number of hydrogen-bond acceptors (Lipinski definition) is 3. The number of halogens is 1. The lowest BCUT2D eigenvalue weighted by Crippen LogP contribution is -2.41. The summed E-state index contributed by atoms with van der Waals surface area (Å²) in [5.41, 5.74) is 1.65. The Morgan fingerprint density at radius 1 is 1.25 bits per heavy atom. The summed E-state index contributed by atoms with van der Waals surface area (Å²) in [7, 11) is -0.443. The number of rotatable bonds is 2. The highest BCUT2D eigenvalue weighted by molar-refractivity contribution is 6.62. The minimum Gasteiger partial charge on any atom is -0.399 e. The fourth-order valence-electron chi connectivity index (χ4n) is 3.13. The molecular weight excluding hydrogens is 308 g/mol. The van der Waals surface area contributed by atoms with Crippen molar-refractivity contribution in [1.82, 2.24) is 4.90 Å². The Labute approximate surface area is 143 Å². The summed E-state index contributed by atoms with van der Waals surface area (Å²) in [6, 6.07) is 5.50. The van der Waals surface area contributed by atoms with Gasteiger partial charge in [0.2, 0.25) is 0 Å². The van der Waals surface area contributed by atoms with Gasteiger partial charge >= 0.3 is 7.12 Å². The van der Waals surface area contributed by atoms with Crippen molar-refractivity contribution in [2.75, 3.05) is 13.1 Å².